The minimum Gasteiger partial charge on any atom is -0.489 e. The fraction of sp³-hybridized carbons (Fsp3) is 0.594. The molecule has 0 aliphatic heterocycles. The fourth-order valence-corrected chi connectivity index (χ4v) is 4.14. The lowest BCUT2D eigenvalue weighted by Gasteiger charge is -2.16. The molecule has 0 radical (unpaired) electrons. The van der Waals surface area contributed by atoms with Crippen LogP contribution in [0.25, 0.3) is 11.0 Å². The molecular formula is C32H48O5. The molecule has 0 saturated heterocycles. The van der Waals surface area contributed by atoms with E-state index in [0.717, 1.165) is 25.7 Å². The highest BCUT2D eigenvalue weighted by Gasteiger charge is 2.20. The zero-order valence-corrected chi connectivity index (χ0v) is 24.0. The summed E-state index contributed by atoms with van der Waals surface area (Å²) in [6, 6.07) is 5.59. The van der Waals surface area contributed by atoms with Crippen LogP contribution in [-0.4, -0.2) is 19.3 Å². The summed E-state index contributed by atoms with van der Waals surface area (Å²) < 4.78 is 23.8. The van der Waals surface area contributed by atoms with E-state index in [-0.39, 0.29) is 18.5 Å². The highest BCUT2D eigenvalue weighted by molar-refractivity contribution is 5.89. The second-order valence-electron chi connectivity index (χ2n) is 10.4. The quantitative estimate of drug-likeness (QED) is 0.113. The van der Waals surface area contributed by atoms with E-state index in [1.807, 2.05) is 38.1 Å². The molecule has 206 valence electrons. The van der Waals surface area contributed by atoms with Gasteiger partial charge < -0.3 is 18.6 Å². The van der Waals surface area contributed by atoms with Crippen molar-refractivity contribution in [3.63, 3.8) is 0 Å². The summed E-state index contributed by atoms with van der Waals surface area (Å²) >= 11 is 0. The van der Waals surface area contributed by atoms with Crippen molar-refractivity contribution in [1.82, 2.24) is 0 Å². The Morgan fingerprint density at radius 3 is 2.30 bits per heavy atom. The van der Waals surface area contributed by atoms with Crippen LogP contribution in [-0.2, 0) is 0 Å². The van der Waals surface area contributed by atoms with Crippen molar-refractivity contribution in [3.8, 4) is 17.2 Å². The minimum absolute atomic E-state index is 0.0482. The minimum atomic E-state index is -0.547. The molecule has 0 aliphatic rings. The van der Waals surface area contributed by atoms with Crippen molar-refractivity contribution < 1.29 is 18.6 Å². The summed E-state index contributed by atoms with van der Waals surface area (Å²) in [7, 11) is 0. The number of unbranched alkanes of at least 4 members (excludes halogenated alkanes) is 7. The second-order valence-corrected chi connectivity index (χ2v) is 10.4. The molecule has 37 heavy (non-hydrogen) atoms. The Balaban J connectivity index is 2.16. The first-order chi connectivity index (χ1) is 17.8. The first-order valence-electron chi connectivity index (χ1n) is 14.1. The normalized spacial score (nSPS) is 11.7. The van der Waals surface area contributed by atoms with Crippen LogP contribution >= 0.6 is 0 Å². The number of ether oxygens (including phenoxy) is 3. The molecule has 5 nitrogen and oxygen atoms in total. The van der Waals surface area contributed by atoms with Gasteiger partial charge in [-0.25, -0.2) is 4.79 Å². The van der Waals surface area contributed by atoms with E-state index >= 15 is 0 Å². The Labute approximate surface area is 223 Å². The Morgan fingerprint density at radius 1 is 0.919 bits per heavy atom. The number of allylic oxidation sites excluding steroid dienone is 3. The summed E-state index contributed by atoms with van der Waals surface area (Å²) in [6.45, 7) is 13.2. The van der Waals surface area contributed by atoms with Gasteiger partial charge in [0.15, 0.2) is 17.1 Å². The van der Waals surface area contributed by atoms with Gasteiger partial charge in [0, 0.05) is 0 Å². The second kappa shape index (κ2) is 16.9. The van der Waals surface area contributed by atoms with Gasteiger partial charge in [0.2, 0.25) is 5.75 Å². The molecule has 1 aromatic heterocycles. The molecule has 2 aromatic rings. The van der Waals surface area contributed by atoms with E-state index in [0.29, 0.717) is 29.1 Å². The molecule has 1 aromatic carbocycles. The Hall–Kier alpha value is -2.69. The van der Waals surface area contributed by atoms with Crippen molar-refractivity contribution in [3.05, 3.63) is 51.9 Å². The van der Waals surface area contributed by atoms with Gasteiger partial charge in [-0.05, 0) is 72.1 Å². The molecule has 0 unspecified atom stereocenters. The average molecular weight is 513 g/mol. The van der Waals surface area contributed by atoms with E-state index in [1.54, 1.807) is 0 Å². The van der Waals surface area contributed by atoms with E-state index in [4.69, 9.17) is 18.6 Å². The number of hydrogen-bond acceptors (Lipinski definition) is 5. The average Bonchev–Trinajstić information content (AvgIpc) is 2.84. The third-order valence-corrected chi connectivity index (χ3v) is 6.17. The standard InChI is InChI=1S/C32H48O5/c1-7-8-9-10-11-12-13-14-22-34-30-27-19-16-20-28(36-25(4)5)29(27)37-32(33)31(30)35-23-21-26(6)18-15-17-24(2)3/h16-17,19-21,25H,7-15,18,22-23H2,1-6H3. The molecule has 0 atom stereocenters. The molecule has 0 amide bonds. The van der Waals surface area contributed by atoms with Crippen molar-refractivity contribution in [2.45, 2.75) is 112 Å². The Morgan fingerprint density at radius 2 is 1.62 bits per heavy atom. The first kappa shape index (κ1) is 30.5. The van der Waals surface area contributed by atoms with Crippen LogP contribution in [0.15, 0.2) is 50.7 Å². The first-order valence-corrected chi connectivity index (χ1v) is 14.1. The lowest BCUT2D eigenvalue weighted by Crippen LogP contribution is -2.12. The topological polar surface area (TPSA) is 57.9 Å². The van der Waals surface area contributed by atoms with Crippen LogP contribution in [0.2, 0.25) is 0 Å². The van der Waals surface area contributed by atoms with Gasteiger partial charge in [0.05, 0.1) is 18.1 Å². The maximum Gasteiger partial charge on any atom is 0.383 e. The molecule has 5 heteroatoms. The van der Waals surface area contributed by atoms with Crippen molar-refractivity contribution >= 4 is 11.0 Å². The molecule has 0 fully saturated rings. The predicted octanol–water partition coefficient (Wildman–Crippen LogP) is 9.17. The summed E-state index contributed by atoms with van der Waals surface area (Å²) in [4.78, 5) is 13.0. The van der Waals surface area contributed by atoms with Gasteiger partial charge >= 0.3 is 5.63 Å². The van der Waals surface area contributed by atoms with E-state index in [1.165, 1.54) is 49.7 Å². The van der Waals surface area contributed by atoms with Crippen LogP contribution in [0, 0.1) is 0 Å². The van der Waals surface area contributed by atoms with Crippen LogP contribution in [0.5, 0.6) is 17.2 Å². The molecule has 1 heterocycles. The van der Waals surface area contributed by atoms with Crippen LogP contribution in [0.4, 0.5) is 0 Å². The van der Waals surface area contributed by atoms with Gasteiger partial charge in [-0.15, -0.1) is 0 Å². The van der Waals surface area contributed by atoms with Crippen molar-refractivity contribution in [1.29, 1.82) is 0 Å². The number of benzene rings is 1. The Kier molecular flexibility index (Phi) is 14.0. The summed E-state index contributed by atoms with van der Waals surface area (Å²) in [5.74, 6) is 1.10. The number of fused-ring (bicyclic) bond motifs is 1. The largest absolute Gasteiger partial charge is 0.489 e. The lowest BCUT2D eigenvalue weighted by molar-refractivity contribution is 0.239. The Bertz CT molecular complexity index is 1060. The van der Waals surface area contributed by atoms with Crippen LogP contribution in [0.3, 0.4) is 0 Å². The lowest BCUT2D eigenvalue weighted by atomic mass is 10.1. The summed E-state index contributed by atoms with van der Waals surface area (Å²) in [5, 5.41) is 0.691. The van der Waals surface area contributed by atoms with E-state index < -0.39 is 5.63 Å². The van der Waals surface area contributed by atoms with Crippen LogP contribution < -0.4 is 19.8 Å². The molecule has 0 bridgehead atoms. The third-order valence-electron chi connectivity index (χ3n) is 6.17. The number of para-hydroxylation sites is 1. The zero-order valence-electron chi connectivity index (χ0n) is 24.0. The van der Waals surface area contributed by atoms with Gasteiger partial charge in [0.25, 0.3) is 0 Å². The van der Waals surface area contributed by atoms with Crippen molar-refractivity contribution in [2.75, 3.05) is 13.2 Å². The fourth-order valence-electron chi connectivity index (χ4n) is 4.14. The van der Waals surface area contributed by atoms with Crippen molar-refractivity contribution in [2.24, 2.45) is 0 Å². The van der Waals surface area contributed by atoms with Gasteiger partial charge in [-0.3, -0.25) is 0 Å². The number of rotatable bonds is 18. The summed E-state index contributed by atoms with van der Waals surface area (Å²) in [6.07, 6.45) is 15.9. The monoisotopic (exact) mass is 512 g/mol. The van der Waals surface area contributed by atoms with Crippen LogP contribution in [0.1, 0.15) is 106 Å². The van der Waals surface area contributed by atoms with Gasteiger partial charge in [0.1, 0.15) is 6.61 Å². The third kappa shape index (κ3) is 11.1. The van der Waals surface area contributed by atoms with Gasteiger partial charge in [-0.2, -0.15) is 0 Å². The van der Waals surface area contributed by atoms with E-state index in [2.05, 4.69) is 33.8 Å². The maximum absolute atomic E-state index is 13.0. The predicted molar refractivity (Wildman–Crippen MR) is 154 cm³/mol. The molecule has 0 spiro atoms. The molecule has 0 N–H and O–H groups in total. The van der Waals surface area contributed by atoms with E-state index in [9.17, 15) is 4.79 Å². The zero-order chi connectivity index (χ0) is 27.0. The maximum atomic E-state index is 13.0. The van der Waals surface area contributed by atoms with Gasteiger partial charge in [-0.1, -0.05) is 75.2 Å². The summed E-state index contributed by atoms with van der Waals surface area (Å²) in [5.41, 5.74) is 2.38. The highest BCUT2D eigenvalue weighted by Crippen LogP contribution is 2.37. The number of hydrogen-bond donors (Lipinski definition) is 0. The molecule has 0 aliphatic carbocycles. The molecule has 0 saturated carbocycles. The molecule has 2 rings (SSSR count). The smallest absolute Gasteiger partial charge is 0.383 e. The SMILES string of the molecule is CCCCCCCCCCOc1c(OCC=C(C)CCC=C(C)C)c(=O)oc2c(OC(C)C)cccc12. The molecular weight excluding hydrogens is 464 g/mol. The highest BCUT2D eigenvalue weighted by atomic mass is 16.5.